The van der Waals surface area contributed by atoms with Crippen LogP contribution >= 0.6 is 0 Å². The maximum atomic E-state index is 12.0. The van der Waals surface area contributed by atoms with Gasteiger partial charge < -0.3 is 15.6 Å². The van der Waals surface area contributed by atoms with Crippen LogP contribution in [-0.4, -0.2) is 46.8 Å². The number of nitrogens with two attached hydrogens (primary N) is 1. The van der Waals surface area contributed by atoms with Gasteiger partial charge in [0.05, 0.1) is 22.9 Å². The van der Waals surface area contributed by atoms with E-state index in [1.165, 1.54) is 0 Å². The Kier molecular flexibility index (Phi) is 5.52. The smallest absolute Gasteiger partial charge is 0.261 e. The second kappa shape index (κ2) is 8.65. The predicted octanol–water partition coefficient (Wildman–Crippen LogP) is 2.36. The molecule has 0 saturated heterocycles. The van der Waals surface area contributed by atoms with Crippen molar-refractivity contribution in [3.05, 3.63) is 54.5 Å². The minimum atomic E-state index is -0.335. The molecule has 174 valence electrons. The van der Waals surface area contributed by atoms with Crippen LogP contribution in [0.2, 0.25) is 0 Å². The molecule has 1 fully saturated rings. The summed E-state index contributed by atoms with van der Waals surface area (Å²) in [5.41, 5.74) is 8.50. The number of carbonyl (C=O) groups excluding carboxylic acids is 1. The van der Waals surface area contributed by atoms with Gasteiger partial charge in [-0.1, -0.05) is 17.6 Å². The SMILES string of the molecule is CC(C)NC(=O)Cn1cc(-c2nc(C3(c4ccc(-c5cnc(N)nc5)nc4)CCC3)no2)cn1. The zero-order valence-corrected chi connectivity index (χ0v) is 19.0. The van der Waals surface area contributed by atoms with Crippen molar-refractivity contribution < 1.29 is 9.32 Å². The molecule has 0 bridgehead atoms. The number of amides is 1. The maximum Gasteiger partial charge on any atom is 0.261 e. The van der Waals surface area contributed by atoms with E-state index in [4.69, 9.17) is 10.3 Å². The van der Waals surface area contributed by atoms with Gasteiger partial charge in [0, 0.05) is 36.4 Å². The second-order valence-electron chi connectivity index (χ2n) is 8.77. The van der Waals surface area contributed by atoms with Crippen LogP contribution in [0.5, 0.6) is 0 Å². The third kappa shape index (κ3) is 4.12. The molecule has 34 heavy (non-hydrogen) atoms. The highest BCUT2D eigenvalue weighted by Crippen LogP contribution is 2.48. The van der Waals surface area contributed by atoms with Gasteiger partial charge in [0.2, 0.25) is 11.9 Å². The topological polar surface area (TPSA) is 151 Å². The lowest BCUT2D eigenvalue weighted by atomic mass is 9.64. The van der Waals surface area contributed by atoms with Crippen molar-refractivity contribution >= 4 is 11.9 Å². The van der Waals surface area contributed by atoms with Gasteiger partial charge in [-0.2, -0.15) is 10.1 Å². The molecular weight excluding hydrogens is 434 g/mol. The van der Waals surface area contributed by atoms with Gasteiger partial charge in [-0.05, 0) is 38.3 Å². The molecule has 4 heterocycles. The third-order valence-corrected chi connectivity index (χ3v) is 5.98. The summed E-state index contributed by atoms with van der Waals surface area (Å²) in [4.78, 5) is 29.4. The fraction of sp³-hybridized carbons (Fsp3) is 0.348. The monoisotopic (exact) mass is 459 g/mol. The first-order valence-electron chi connectivity index (χ1n) is 11.1. The van der Waals surface area contributed by atoms with Crippen LogP contribution in [0.1, 0.15) is 44.5 Å². The van der Waals surface area contributed by atoms with Crippen molar-refractivity contribution in [2.75, 3.05) is 5.73 Å². The van der Waals surface area contributed by atoms with E-state index >= 15 is 0 Å². The summed E-state index contributed by atoms with van der Waals surface area (Å²) in [7, 11) is 0. The van der Waals surface area contributed by atoms with Gasteiger partial charge in [0.25, 0.3) is 5.89 Å². The first-order valence-corrected chi connectivity index (χ1v) is 11.1. The molecule has 11 heteroatoms. The zero-order valence-electron chi connectivity index (χ0n) is 19.0. The number of anilines is 1. The number of carbonyl (C=O) groups is 1. The van der Waals surface area contributed by atoms with Gasteiger partial charge in [-0.15, -0.1) is 0 Å². The van der Waals surface area contributed by atoms with Crippen LogP contribution in [0.15, 0.2) is 47.6 Å². The molecular formula is C23H25N9O2. The summed E-state index contributed by atoms with van der Waals surface area (Å²) in [5.74, 6) is 1.13. The Morgan fingerprint density at radius 2 is 1.94 bits per heavy atom. The second-order valence-corrected chi connectivity index (χ2v) is 8.77. The molecule has 1 aliphatic carbocycles. The lowest BCUT2D eigenvalue weighted by Gasteiger charge is -2.39. The standard InChI is InChI=1S/C23H25N9O2/c1-14(2)29-19(33)13-32-12-16(10-28-32)20-30-21(31-34-20)23(6-3-7-23)17-4-5-18(25-11-17)15-8-26-22(24)27-9-15/h4-5,8-12,14H,3,6-7,13H2,1-2H3,(H,29,33)(H2,24,26,27). The maximum absolute atomic E-state index is 12.0. The number of rotatable bonds is 7. The molecule has 1 saturated carbocycles. The summed E-state index contributed by atoms with van der Waals surface area (Å²) < 4.78 is 7.13. The largest absolute Gasteiger partial charge is 0.368 e. The summed E-state index contributed by atoms with van der Waals surface area (Å²) in [6.07, 6.45) is 11.4. The summed E-state index contributed by atoms with van der Waals surface area (Å²) in [5, 5.41) is 11.4. The number of nitrogens with zero attached hydrogens (tertiary/aromatic N) is 7. The predicted molar refractivity (Wildman–Crippen MR) is 123 cm³/mol. The minimum absolute atomic E-state index is 0.0723. The van der Waals surface area contributed by atoms with Crippen molar-refractivity contribution in [1.29, 1.82) is 0 Å². The van der Waals surface area contributed by atoms with Crippen molar-refractivity contribution in [1.82, 2.24) is 40.2 Å². The zero-order chi connectivity index (χ0) is 23.7. The van der Waals surface area contributed by atoms with E-state index in [-0.39, 0.29) is 29.9 Å². The molecule has 0 atom stereocenters. The Morgan fingerprint density at radius 3 is 2.59 bits per heavy atom. The molecule has 4 aromatic heterocycles. The molecule has 3 N–H and O–H groups in total. The minimum Gasteiger partial charge on any atom is -0.368 e. The van der Waals surface area contributed by atoms with Gasteiger partial charge in [-0.3, -0.25) is 14.5 Å². The van der Waals surface area contributed by atoms with E-state index in [0.717, 1.165) is 36.1 Å². The van der Waals surface area contributed by atoms with Crippen LogP contribution < -0.4 is 11.1 Å². The van der Waals surface area contributed by atoms with Crippen LogP contribution in [0, 0.1) is 0 Å². The molecule has 0 unspecified atom stereocenters. The fourth-order valence-corrected chi connectivity index (χ4v) is 4.10. The van der Waals surface area contributed by atoms with E-state index in [0.29, 0.717) is 17.3 Å². The highest BCUT2D eigenvalue weighted by atomic mass is 16.5. The molecule has 0 radical (unpaired) electrons. The lowest BCUT2D eigenvalue weighted by Crippen LogP contribution is -2.36. The molecule has 1 amide bonds. The number of pyridine rings is 1. The van der Waals surface area contributed by atoms with Gasteiger partial charge in [0.15, 0.2) is 5.82 Å². The molecule has 11 nitrogen and oxygen atoms in total. The highest BCUT2D eigenvalue weighted by molar-refractivity contribution is 5.76. The van der Waals surface area contributed by atoms with Crippen molar-refractivity contribution in [3.63, 3.8) is 0 Å². The normalized spacial score (nSPS) is 14.7. The first kappa shape index (κ1) is 21.7. The Morgan fingerprint density at radius 1 is 1.15 bits per heavy atom. The van der Waals surface area contributed by atoms with Crippen LogP contribution in [0.3, 0.4) is 0 Å². The van der Waals surface area contributed by atoms with E-state index in [2.05, 4.69) is 35.5 Å². The van der Waals surface area contributed by atoms with Gasteiger partial charge in [0.1, 0.15) is 6.54 Å². The molecule has 5 rings (SSSR count). The van der Waals surface area contributed by atoms with Gasteiger partial charge in [-0.25, -0.2) is 9.97 Å². The average molecular weight is 460 g/mol. The first-order chi connectivity index (χ1) is 16.4. The van der Waals surface area contributed by atoms with Crippen LogP contribution in [0.25, 0.3) is 22.7 Å². The molecule has 4 aromatic rings. The third-order valence-electron chi connectivity index (χ3n) is 5.98. The van der Waals surface area contributed by atoms with E-state index in [1.54, 1.807) is 29.5 Å². The van der Waals surface area contributed by atoms with E-state index in [9.17, 15) is 4.79 Å². The number of nitrogens with one attached hydrogen (secondary N) is 1. The Balaban J connectivity index is 1.35. The molecule has 0 spiro atoms. The highest BCUT2D eigenvalue weighted by Gasteiger charge is 2.45. The van der Waals surface area contributed by atoms with Crippen molar-refractivity contribution in [3.8, 4) is 22.7 Å². The quantitative estimate of drug-likeness (QED) is 0.424. The lowest BCUT2D eigenvalue weighted by molar-refractivity contribution is -0.122. The number of nitrogen functional groups attached to an aromatic ring is 1. The summed E-state index contributed by atoms with van der Waals surface area (Å²) in [6, 6.07) is 4.06. The molecule has 0 aliphatic heterocycles. The Labute approximate surface area is 195 Å². The summed E-state index contributed by atoms with van der Waals surface area (Å²) >= 11 is 0. The van der Waals surface area contributed by atoms with Gasteiger partial charge >= 0.3 is 0 Å². The number of hydrogen-bond donors (Lipinski definition) is 2. The van der Waals surface area contributed by atoms with Crippen molar-refractivity contribution in [2.24, 2.45) is 0 Å². The van der Waals surface area contributed by atoms with E-state index < -0.39 is 0 Å². The Hall–Kier alpha value is -4.15. The average Bonchev–Trinajstić information content (AvgIpc) is 3.44. The fourth-order valence-electron chi connectivity index (χ4n) is 4.10. The number of aromatic nitrogens is 7. The number of hydrogen-bond acceptors (Lipinski definition) is 9. The Bertz CT molecular complexity index is 1290. The van der Waals surface area contributed by atoms with Crippen molar-refractivity contribution in [2.45, 2.75) is 51.1 Å². The van der Waals surface area contributed by atoms with Crippen LogP contribution in [0.4, 0.5) is 5.95 Å². The summed E-state index contributed by atoms with van der Waals surface area (Å²) in [6.45, 7) is 3.95. The molecule has 1 aliphatic rings. The molecule has 0 aromatic carbocycles. The van der Waals surface area contributed by atoms with Crippen LogP contribution in [-0.2, 0) is 16.8 Å². The van der Waals surface area contributed by atoms with E-state index in [1.807, 2.05) is 32.2 Å².